The number of hydrogen-bond acceptors (Lipinski definition) is 17. The van der Waals surface area contributed by atoms with Crippen molar-refractivity contribution in [1.82, 2.24) is 29.7 Å². The third kappa shape index (κ3) is 14.6. The molecule has 0 amide bonds. The van der Waals surface area contributed by atoms with E-state index < -0.39 is 23.8 Å². The van der Waals surface area contributed by atoms with E-state index in [-0.39, 0.29) is 31.3 Å². The molecule has 0 spiro atoms. The summed E-state index contributed by atoms with van der Waals surface area (Å²) in [5.41, 5.74) is 4.08. The lowest BCUT2D eigenvalue weighted by molar-refractivity contribution is -0.163. The molecule has 6 heterocycles. The second-order valence-corrected chi connectivity index (χ2v) is 21.1. The highest BCUT2D eigenvalue weighted by atomic mass is 35.5. The van der Waals surface area contributed by atoms with Crippen LogP contribution in [0, 0.1) is 12.7 Å². The third-order valence-corrected chi connectivity index (χ3v) is 14.4. The van der Waals surface area contributed by atoms with Crippen molar-refractivity contribution < 1.29 is 51.8 Å². The molecule has 406 valence electrons. The number of nitrogens with zero attached hydrogens (tertiary/aromatic N) is 6. The second-order valence-electron chi connectivity index (χ2n) is 19.7. The predicted octanol–water partition coefficient (Wildman–Crippen LogP) is 9.94. The van der Waals surface area contributed by atoms with Gasteiger partial charge in [-0.2, -0.15) is 0 Å². The van der Waals surface area contributed by atoms with E-state index in [9.17, 15) is 9.18 Å². The lowest BCUT2D eigenvalue weighted by Crippen LogP contribution is -2.49. The van der Waals surface area contributed by atoms with E-state index in [0.717, 1.165) is 53.3 Å². The molecule has 19 heteroatoms. The minimum absolute atomic E-state index is 0.0174. The predicted molar refractivity (Wildman–Crippen MR) is 293 cm³/mol. The first-order chi connectivity index (χ1) is 37.3. The van der Waals surface area contributed by atoms with Crippen molar-refractivity contribution in [1.29, 1.82) is 0 Å². The second kappa shape index (κ2) is 25.8. The fourth-order valence-corrected chi connectivity index (χ4v) is 10.2. The number of benzene rings is 4. The number of fused-ring (bicyclic) bond motifs is 7. The monoisotopic (exact) mass is 1090 g/mol. The van der Waals surface area contributed by atoms with Crippen molar-refractivity contribution >= 4 is 39.1 Å². The molecule has 2 atom stereocenters. The van der Waals surface area contributed by atoms with Gasteiger partial charge in [-0.1, -0.05) is 29.8 Å². The van der Waals surface area contributed by atoms with Crippen LogP contribution in [-0.4, -0.2) is 147 Å². The number of likely N-dealkylation sites (N-methyl/N-ethyl adjacent to an activating group) is 1. The van der Waals surface area contributed by atoms with E-state index in [1.807, 2.05) is 61.5 Å². The Kier molecular flexibility index (Phi) is 18.5. The molecular weight excluding hydrogens is 1030 g/mol. The molecule has 16 nitrogen and oxygen atoms in total. The van der Waals surface area contributed by atoms with Gasteiger partial charge in [-0.25, -0.2) is 29.1 Å². The zero-order valence-electron chi connectivity index (χ0n) is 44.2. The molecule has 0 saturated carbocycles. The minimum atomic E-state index is -1.25. The van der Waals surface area contributed by atoms with Crippen molar-refractivity contribution in [3.63, 3.8) is 0 Å². The van der Waals surface area contributed by atoms with Gasteiger partial charge in [0.05, 0.1) is 49.1 Å². The van der Waals surface area contributed by atoms with E-state index in [1.54, 1.807) is 52.3 Å². The summed E-state index contributed by atoms with van der Waals surface area (Å²) in [6.07, 6.45) is 1.38. The Morgan fingerprint density at radius 2 is 1.58 bits per heavy atom. The summed E-state index contributed by atoms with van der Waals surface area (Å²) in [5, 5.41) is 0.967. The van der Waals surface area contributed by atoms with Crippen molar-refractivity contribution in [3.8, 4) is 61.8 Å². The van der Waals surface area contributed by atoms with Crippen molar-refractivity contribution in [2.45, 2.75) is 58.5 Å². The molecular formula is C58H64ClFN6O10S. The molecule has 3 aliphatic rings. The van der Waals surface area contributed by atoms with Crippen molar-refractivity contribution in [2.75, 3.05) is 93.1 Å². The maximum absolute atomic E-state index is 14.6. The summed E-state index contributed by atoms with van der Waals surface area (Å²) >= 11 is 8.73. The van der Waals surface area contributed by atoms with Gasteiger partial charge in [0.1, 0.15) is 71.5 Å². The van der Waals surface area contributed by atoms with Gasteiger partial charge in [0.25, 0.3) is 0 Å². The highest BCUT2D eigenvalue weighted by Gasteiger charge is 2.33. The van der Waals surface area contributed by atoms with Crippen molar-refractivity contribution in [2.24, 2.45) is 0 Å². The summed E-state index contributed by atoms with van der Waals surface area (Å²) in [4.78, 5) is 39.4. The van der Waals surface area contributed by atoms with Gasteiger partial charge < -0.3 is 47.5 Å². The number of esters is 1. The van der Waals surface area contributed by atoms with Crippen LogP contribution in [0.5, 0.6) is 28.9 Å². The number of aromatic nitrogens is 4. The van der Waals surface area contributed by atoms with Crippen LogP contribution in [0.2, 0.25) is 5.02 Å². The Morgan fingerprint density at radius 1 is 0.844 bits per heavy atom. The molecule has 4 aromatic carbocycles. The number of rotatable bonds is 18. The van der Waals surface area contributed by atoms with Crippen molar-refractivity contribution in [3.05, 3.63) is 125 Å². The van der Waals surface area contributed by atoms with Gasteiger partial charge in [0, 0.05) is 74.0 Å². The van der Waals surface area contributed by atoms with Gasteiger partial charge in [-0.05, 0) is 118 Å². The van der Waals surface area contributed by atoms with Gasteiger partial charge >= 0.3 is 5.97 Å². The van der Waals surface area contributed by atoms with E-state index in [0.29, 0.717) is 107 Å². The number of ether oxygens (including phenoxy) is 9. The number of carbonyl (C=O) groups is 1. The number of halogens is 2. The molecule has 0 aliphatic carbocycles. The van der Waals surface area contributed by atoms with Crippen LogP contribution >= 0.6 is 22.9 Å². The fraction of sp³-hybridized carbons (Fsp3) is 0.397. The van der Waals surface area contributed by atoms with Crippen LogP contribution in [0.1, 0.15) is 37.6 Å². The number of thiophene rings is 1. The van der Waals surface area contributed by atoms with Crippen LogP contribution in [0.25, 0.3) is 43.2 Å². The number of piperazine rings is 1. The topological polar surface area (TPSA) is 158 Å². The smallest absolute Gasteiger partial charge is 0.348 e. The molecule has 1 fully saturated rings. The van der Waals surface area contributed by atoms with Crippen LogP contribution < -0.4 is 23.7 Å². The molecule has 0 radical (unpaired) electrons. The maximum Gasteiger partial charge on any atom is 0.348 e. The van der Waals surface area contributed by atoms with E-state index in [4.69, 9.17) is 69.2 Å². The highest BCUT2D eigenvalue weighted by molar-refractivity contribution is 7.22. The standard InChI is InChI=1S/C58H64ClFN6O10S/c1-37-46-16-18-48(52(37)59)74-45(33-66-23-21-65(5)22-24-66)35-72-44-15-17-47(73-34-42-19-20-61-54(64-42)39-9-13-43(14-10-39)71-30-29-70-28-27-69-26-25-68-6)40(31-44)32-49(57(67)76-58(2,3)4)75-55-51-50(46)53(77-56(51)63-36-62-55)38-7-11-41(60)12-8-38/h7-20,31,36,45,49H,21-30,32-35H2,1-6H3/t45-,49-/m1/s1. The lowest BCUT2D eigenvalue weighted by Gasteiger charge is -2.34. The van der Waals surface area contributed by atoms with E-state index >= 15 is 0 Å². The molecule has 3 aliphatic heterocycles. The third-order valence-electron chi connectivity index (χ3n) is 12.8. The van der Waals surface area contributed by atoms with Gasteiger partial charge in [0.2, 0.25) is 12.0 Å². The van der Waals surface area contributed by atoms with E-state index in [1.165, 1.54) is 29.8 Å². The summed E-state index contributed by atoms with van der Waals surface area (Å²) in [6.45, 7) is 14.6. The van der Waals surface area contributed by atoms with Crippen LogP contribution in [0.15, 0.2) is 97.5 Å². The van der Waals surface area contributed by atoms with E-state index in [2.05, 4.69) is 21.8 Å². The number of hydrogen-bond donors (Lipinski definition) is 0. The SMILES string of the molecule is COCCOCCOCCOc1ccc(-c2nccc(COc3ccc4cc3C[C@H](C(=O)OC(C)(C)C)Oc3ncnc5sc(-c6ccc(F)cc6)c(c35)-c3ccc(c(Cl)c3C)O[C@H](CN3CCN(C)CC3)CO4)n2)cc1. The molecule has 7 aromatic rings. The van der Waals surface area contributed by atoms with Crippen LogP contribution in [0.4, 0.5) is 4.39 Å². The lowest BCUT2D eigenvalue weighted by atomic mass is 9.96. The molecule has 1 saturated heterocycles. The molecule has 77 heavy (non-hydrogen) atoms. The summed E-state index contributed by atoms with van der Waals surface area (Å²) < 4.78 is 69.3. The van der Waals surface area contributed by atoms with Gasteiger partial charge in [-0.15, -0.1) is 11.3 Å². The van der Waals surface area contributed by atoms with Gasteiger partial charge in [0.15, 0.2) is 5.82 Å². The Labute approximate surface area is 457 Å². The first-order valence-corrected chi connectivity index (χ1v) is 26.9. The zero-order valence-corrected chi connectivity index (χ0v) is 45.8. The molecule has 3 aromatic heterocycles. The fourth-order valence-electron chi connectivity index (χ4n) is 8.86. The molecule has 0 unspecified atom stereocenters. The maximum atomic E-state index is 14.6. The summed E-state index contributed by atoms with van der Waals surface area (Å²) in [7, 11) is 3.76. The Hall–Kier alpha value is -6.51. The quantitative estimate of drug-likeness (QED) is 0.0590. The Balaban J connectivity index is 1.04. The number of carbonyl (C=O) groups excluding carboxylic acids is 1. The summed E-state index contributed by atoms with van der Waals surface area (Å²) in [5.74, 6) is 1.83. The average molecular weight is 1090 g/mol. The Bertz CT molecular complexity index is 3100. The van der Waals surface area contributed by atoms with Gasteiger partial charge in [-0.3, -0.25) is 4.90 Å². The average Bonchev–Trinajstić information content (AvgIpc) is 3.85. The minimum Gasteiger partial charge on any atom is -0.491 e. The largest absolute Gasteiger partial charge is 0.491 e. The molecule has 0 N–H and O–H groups in total. The first-order valence-electron chi connectivity index (χ1n) is 25.7. The molecule has 4 bridgehead atoms. The normalized spacial score (nSPS) is 16.3. The Morgan fingerprint density at radius 3 is 2.34 bits per heavy atom. The summed E-state index contributed by atoms with van der Waals surface area (Å²) in [6, 6.07) is 24.9. The van der Waals surface area contributed by atoms with Crippen LogP contribution in [-0.2, 0) is 36.8 Å². The number of methoxy groups -OCH3 is 1. The highest BCUT2D eigenvalue weighted by Crippen LogP contribution is 2.50. The molecule has 10 rings (SSSR count). The van der Waals surface area contributed by atoms with Crippen LogP contribution in [0.3, 0.4) is 0 Å². The first kappa shape index (κ1) is 55.3. The zero-order chi connectivity index (χ0) is 53.9.